The lowest BCUT2D eigenvalue weighted by Gasteiger charge is -2.24. The van der Waals surface area contributed by atoms with E-state index in [2.05, 4.69) is 30.3 Å². The van der Waals surface area contributed by atoms with Crippen molar-refractivity contribution in [3.8, 4) is 0 Å². The first-order valence-corrected chi connectivity index (χ1v) is 6.22. The fourth-order valence-corrected chi connectivity index (χ4v) is 3.04. The predicted octanol–water partition coefficient (Wildman–Crippen LogP) is 4.21. The Kier molecular flexibility index (Phi) is 2.36. The lowest BCUT2D eigenvalue weighted by molar-refractivity contribution is 0.543. The third-order valence-corrected chi connectivity index (χ3v) is 3.90. The van der Waals surface area contributed by atoms with Gasteiger partial charge in [0.2, 0.25) is 0 Å². The molecule has 1 fully saturated rings. The molecule has 0 heterocycles. The van der Waals surface area contributed by atoms with Crippen molar-refractivity contribution in [1.29, 1.82) is 0 Å². The highest BCUT2D eigenvalue weighted by Crippen LogP contribution is 2.36. The van der Waals surface area contributed by atoms with Crippen LogP contribution in [0.3, 0.4) is 0 Å². The lowest BCUT2D eigenvalue weighted by Crippen LogP contribution is -2.11. The van der Waals surface area contributed by atoms with E-state index in [0.29, 0.717) is 0 Å². The molecule has 0 N–H and O–H groups in total. The Morgan fingerprint density at radius 2 is 1.93 bits per heavy atom. The summed E-state index contributed by atoms with van der Waals surface area (Å²) in [5, 5.41) is 0. The highest BCUT2D eigenvalue weighted by molar-refractivity contribution is 5.60. The Morgan fingerprint density at radius 1 is 1.00 bits per heavy atom. The molecule has 15 heavy (non-hydrogen) atoms. The summed E-state index contributed by atoms with van der Waals surface area (Å²) in [6, 6.07) is 8.90. The van der Waals surface area contributed by atoms with Crippen molar-refractivity contribution in [2.45, 2.75) is 38.5 Å². The number of rotatable bonds is 0. The number of fused-ring (bicyclic) bond motifs is 2. The van der Waals surface area contributed by atoms with Gasteiger partial charge in [0.25, 0.3) is 0 Å². The van der Waals surface area contributed by atoms with Gasteiger partial charge in [0.15, 0.2) is 0 Å². The summed E-state index contributed by atoms with van der Waals surface area (Å²) in [5.41, 5.74) is 4.77. The molecule has 1 saturated carbocycles. The fourth-order valence-electron chi connectivity index (χ4n) is 3.04. The molecule has 0 saturated heterocycles. The van der Waals surface area contributed by atoms with Gasteiger partial charge in [0.1, 0.15) is 0 Å². The largest absolute Gasteiger partial charge is 0.0662 e. The minimum absolute atomic E-state index is 0.863. The van der Waals surface area contributed by atoms with Crippen molar-refractivity contribution in [1.82, 2.24) is 0 Å². The summed E-state index contributed by atoms with van der Waals surface area (Å²) in [7, 11) is 0. The van der Waals surface area contributed by atoms with Gasteiger partial charge >= 0.3 is 0 Å². The quantitative estimate of drug-likeness (QED) is 0.586. The van der Waals surface area contributed by atoms with Crippen LogP contribution < -0.4 is 0 Å². The molecule has 0 spiro atoms. The minimum atomic E-state index is 0.863. The standard InChI is InChI=1S/C15H18/c1-2-6-12-10-14-8-4-5-9-15(14)11-13(12)7-3-1/h4-5,8-10,13H,1-3,6-7,11H2. The zero-order valence-electron chi connectivity index (χ0n) is 9.21. The molecule has 0 aromatic heterocycles. The second-order valence-electron chi connectivity index (χ2n) is 4.92. The van der Waals surface area contributed by atoms with Crippen LogP contribution >= 0.6 is 0 Å². The van der Waals surface area contributed by atoms with Crippen molar-refractivity contribution in [3.63, 3.8) is 0 Å². The van der Waals surface area contributed by atoms with E-state index in [0.717, 1.165) is 5.92 Å². The van der Waals surface area contributed by atoms with Crippen LogP contribution in [-0.4, -0.2) is 0 Å². The Balaban J connectivity index is 1.99. The average Bonchev–Trinajstić information content (AvgIpc) is 2.50. The summed E-state index contributed by atoms with van der Waals surface area (Å²) >= 11 is 0. The monoisotopic (exact) mass is 198 g/mol. The molecular weight excluding hydrogens is 180 g/mol. The lowest BCUT2D eigenvalue weighted by atomic mass is 9.81. The maximum absolute atomic E-state index is 2.47. The van der Waals surface area contributed by atoms with Gasteiger partial charge in [0, 0.05) is 0 Å². The second kappa shape index (κ2) is 3.84. The van der Waals surface area contributed by atoms with Crippen LogP contribution in [0.25, 0.3) is 6.08 Å². The van der Waals surface area contributed by atoms with Crippen LogP contribution in [0.5, 0.6) is 0 Å². The van der Waals surface area contributed by atoms with Crippen LogP contribution in [0.4, 0.5) is 0 Å². The van der Waals surface area contributed by atoms with E-state index in [1.54, 1.807) is 11.1 Å². The molecule has 2 aliphatic carbocycles. The van der Waals surface area contributed by atoms with Crippen molar-refractivity contribution < 1.29 is 0 Å². The fraction of sp³-hybridized carbons (Fsp3) is 0.467. The third kappa shape index (κ3) is 1.73. The van der Waals surface area contributed by atoms with Gasteiger partial charge < -0.3 is 0 Å². The Hall–Kier alpha value is -1.04. The molecule has 78 valence electrons. The first kappa shape index (κ1) is 9.21. The van der Waals surface area contributed by atoms with Crippen LogP contribution in [0.15, 0.2) is 29.8 Å². The zero-order chi connectivity index (χ0) is 10.1. The van der Waals surface area contributed by atoms with Crippen molar-refractivity contribution in [3.05, 3.63) is 41.0 Å². The van der Waals surface area contributed by atoms with Crippen molar-refractivity contribution >= 4 is 6.08 Å². The van der Waals surface area contributed by atoms with E-state index in [4.69, 9.17) is 0 Å². The third-order valence-electron chi connectivity index (χ3n) is 3.90. The van der Waals surface area contributed by atoms with Gasteiger partial charge in [0.05, 0.1) is 0 Å². The Labute approximate surface area is 92.0 Å². The Bertz CT molecular complexity index is 387. The van der Waals surface area contributed by atoms with Crippen LogP contribution in [0.1, 0.15) is 43.2 Å². The molecule has 1 unspecified atom stereocenters. The number of hydrogen-bond donors (Lipinski definition) is 0. The smallest absolute Gasteiger partial charge is 0.0159 e. The minimum Gasteiger partial charge on any atom is -0.0662 e. The highest BCUT2D eigenvalue weighted by Gasteiger charge is 2.22. The molecule has 0 aliphatic heterocycles. The molecule has 0 radical (unpaired) electrons. The first-order valence-electron chi connectivity index (χ1n) is 6.22. The summed E-state index contributed by atoms with van der Waals surface area (Å²) in [6.07, 6.45) is 10.8. The van der Waals surface area contributed by atoms with E-state index < -0.39 is 0 Å². The van der Waals surface area contributed by atoms with Gasteiger partial charge in [-0.05, 0) is 42.7 Å². The summed E-state index contributed by atoms with van der Waals surface area (Å²) in [5.74, 6) is 0.863. The topological polar surface area (TPSA) is 0 Å². The van der Waals surface area contributed by atoms with Crippen molar-refractivity contribution in [2.75, 3.05) is 0 Å². The van der Waals surface area contributed by atoms with Gasteiger partial charge in [-0.1, -0.05) is 48.8 Å². The van der Waals surface area contributed by atoms with Gasteiger partial charge in [-0.2, -0.15) is 0 Å². The highest BCUT2D eigenvalue weighted by atomic mass is 14.3. The van der Waals surface area contributed by atoms with Gasteiger partial charge in [-0.3, -0.25) is 0 Å². The summed E-state index contributed by atoms with van der Waals surface area (Å²) in [4.78, 5) is 0. The summed E-state index contributed by atoms with van der Waals surface area (Å²) in [6.45, 7) is 0. The normalized spacial score (nSPS) is 24.8. The maximum Gasteiger partial charge on any atom is -0.0159 e. The number of allylic oxidation sites excluding steroid dienone is 1. The molecular formula is C15H18. The van der Waals surface area contributed by atoms with Crippen LogP contribution in [0.2, 0.25) is 0 Å². The maximum atomic E-state index is 2.47. The molecule has 1 aromatic rings. The zero-order valence-corrected chi connectivity index (χ0v) is 9.21. The molecule has 0 amide bonds. The number of hydrogen-bond acceptors (Lipinski definition) is 0. The van der Waals surface area contributed by atoms with Crippen LogP contribution in [-0.2, 0) is 6.42 Å². The number of benzene rings is 1. The molecule has 0 bridgehead atoms. The molecule has 2 aliphatic rings. The molecule has 1 aromatic carbocycles. The summed E-state index contributed by atoms with van der Waals surface area (Å²) < 4.78 is 0. The van der Waals surface area contributed by atoms with E-state index >= 15 is 0 Å². The van der Waals surface area contributed by atoms with Crippen LogP contribution in [0, 0.1) is 5.92 Å². The molecule has 3 rings (SSSR count). The van der Waals surface area contributed by atoms with Gasteiger partial charge in [-0.15, -0.1) is 0 Å². The molecule has 1 atom stereocenters. The SMILES string of the molecule is C1=C2CCCCCC2Cc2ccccc21. The molecule has 0 nitrogen and oxygen atoms in total. The van der Waals surface area contributed by atoms with Gasteiger partial charge in [-0.25, -0.2) is 0 Å². The van der Waals surface area contributed by atoms with E-state index in [1.807, 2.05) is 0 Å². The van der Waals surface area contributed by atoms with E-state index in [1.165, 1.54) is 44.1 Å². The second-order valence-corrected chi connectivity index (χ2v) is 4.92. The Morgan fingerprint density at radius 3 is 2.93 bits per heavy atom. The first-order chi connectivity index (χ1) is 7.43. The average molecular weight is 198 g/mol. The predicted molar refractivity (Wildman–Crippen MR) is 64.7 cm³/mol. The van der Waals surface area contributed by atoms with E-state index in [-0.39, 0.29) is 0 Å². The van der Waals surface area contributed by atoms with Crippen molar-refractivity contribution in [2.24, 2.45) is 5.92 Å². The van der Waals surface area contributed by atoms with E-state index in [9.17, 15) is 0 Å². The molecule has 0 heteroatoms.